The Balaban J connectivity index is 1.93. The molecule has 2 N–H and O–H groups in total. The van der Waals surface area contributed by atoms with Crippen molar-refractivity contribution < 1.29 is 5.11 Å². The summed E-state index contributed by atoms with van der Waals surface area (Å²) in [5, 5.41) is 10.1. The minimum atomic E-state index is 0.331. The Morgan fingerprint density at radius 1 is 0.889 bits per heavy atom. The van der Waals surface area contributed by atoms with Crippen molar-refractivity contribution >= 4 is 22.6 Å². The molecule has 0 amide bonds. The van der Waals surface area contributed by atoms with E-state index < -0.39 is 0 Å². The molecule has 0 unspecified atom stereocenters. The maximum absolute atomic E-state index is 10.1. The topological polar surface area (TPSA) is 61.8 Å². The first-order valence-corrected chi connectivity index (χ1v) is 9.68. The number of aromatic amines is 1. The Hall–Kier alpha value is -2.67. The van der Waals surface area contributed by atoms with Gasteiger partial charge in [-0.15, -0.1) is 0 Å². The second-order valence-electron chi connectivity index (χ2n) is 6.51. The minimum Gasteiger partial charge on any atom is -0.507 e. The van der Waals surface area contributed by atoms with Gasteiger partial charge in [0.2, 0.25) is 0 Å². The smallest absolute Gasteiger partial charge is 0.138 e. The maximum Gasteiger partial charge on any atom is 0.138 e. The summed E-state index contributed by atoms with van der Waals surface area (Å²) in [6.07, 6.45) is 3.56. The number of hydrogen-bond donors (Lipinski definition) is 2. The van der Waals surface area contributed by atoms with Crippen molar-refractivity contribution in [1.82, 2.24) is 15.0 Å². The molecule has 0 aliphatic heterocycles. The van der Waals surface area contributed by atoms with Gasteiger partial charge < -0.3 is 10.1 Å². The highest BCUT2D eigenvalue weighted by Gasteiger charge is 2.16. The van der Waals surface area contributed by atoms with E-state index in [4.69, 9.17) is 4.98 Å². The lowest BCUT2D eigenvalue weighted by Gasteiger charge is -2.05. The first kappa shape index (κ1) is 17.7. The van der Waals surface area contributed by atoms with Gasteiger partial charge in [-0.2, -0.15) is 0 Å². The molecule has 27 heavy (non-hydrogen) atoms. The third-order valence-electron chi connectivity index (χ3n) is 4.54. The zero-order valence-electron chi connectivity index (χ0n) is 15.0. The van der Waals surface area contributed by atoms with Crippen LogP contribution in [-0.2, 0) is 0 Å². The number of nitrogens with one attached hydrogen (secondary N) is 1. The summed E-state index contributed by atoms with van der Waals surface area (Å²) in [4.78, 5) is 12.5. The van der Waals surface area contributed by atoms with Gasteiger partial charge >= 0.3 is 0 Å². The normalized spacial score (nSPS) is 10.9. The molecular weight excluding hydrogens is 449 g/mol. The molecule has 2 aromatic heterocycles. The van der Waals surface area contributed by atoms with Gasteiger partial charge in [0.25, 0.3) is 0 Å². The fourth-order valence-corrected chi connectivity index (χ4v) is 3.72. The summed E-state index contributed by atoms with van der Waals surface area (Å²) in [6, 6.07) is 16.2. The van der Waals surface area contributed by atoms with Crippen LogP contribution < -0.4 is 0 Å². The van der Waals surface area contributed by atoms with Crippen LogP contribution in [0.2, 0.25) is 0 Å². The Kier molecular flexibility index (Phi) is 4.70. The number of phenols is 1. The van der Waals surface area contributed by atoms with Crippen molar-refractivity contribution in [3.63, 3.8) is 0 Å². The Labute approximate surface area is 171 Å². The van der Waals surface area contributed by atoms with E-state index in [1.165, 1.54) is 0 Å². The summed E-state index contributed by atoms with van der Waals surface area (Å²) in [7, 11) is 0. The number of benzene rings is 2. The lowest BCUT2D eigenvalue weighted by molar-refractivity contribution is 0.467. The van der Waals surface area contributed by atoms with Crippen LogP contribution in [0.5, 0.6) is 5.75 Å². The average Bonchev–Trinajstić information content (AvgIpc) is 3.12. The molecule has 0 aliphatic carbocycles. The number of rotatable bonds is 3. The largest absolute Gasteiger partial charge is 0.507 e. The van der Waals surface area contributed by atoms with E-state index in [0.717, 1.165) is 48.6 Å². The highest BCUT2D eigenvalue weighted by atomic mass is 127. The fraction of sp³-hybridized carbons (Fsp3) is 0.0909. The number of pyridine rings is 1. The van der Waals surface area contributed by atoms with Crippen molar-refractivity contribution in [2.45, 2.75) is 13.8 Å². The Bertz CT molecular complexity index is 1100. The molecule has 4 nitrogen and oxygen atoms in total. The van der Waals surface area contributed by atoms with Crippen molar-refractivity contribution in [2.24, 2.45) is 0 Å². The van der Waals surface area contributed by atoms with Gasteiger partial charge in [0.1, 0.15) is 11.6 Å². The SMILES string of the molecule is Cc1cc(-c2nc(-c3cccc(I)c3)c(-c3ccncc3)[nH]2)cc(C)c1O. The van der Waals surface area contributed by atoms with E-state index in [1.54, 1.807) is 12.4 Å². The highest BCUT2D eigenvalue weighted by Crippen LogP contribution is 2.35. The third-order valence-corrected chi connectivity index (χ3v) is 5.21. The predicted molar refractivity (Wildman–Crippen MR) is 117 cm³/mol. The molecule has 2 aromatic carbocycles. The lowest BCUT2D eigenvalue weighted by Crippen LogP contribution is -1.87. The second kappa shape index (κ2) is 7.15. The Morgan fingerprint density at radius 2 is 1.59 bits per heavy atom. The molecule has 0 saturated carbocycles. The molecule has 0 atom stereocenters. The summed E-state index contributed by atoms with van der Waals surface area (Å²) in [5.74, 6) is 1.11. The lowest BCUT2D eigenvalue weighted by atomic mass is 10.1. The van der Waals surface area contributed by atoms with Gasteiger partial charge in [0, 0.05) is 32.7 Å². The van der Waals surface area contributed by atoms with E-state index in [9.17, 15) is 5.11 Å². The van der Waals surface area contributed by atoms with E-state index in [2.05, 4.69) is 50.8 Å². The Morgan fingerprint density at radius 3 is 2.26 bits per heavy atom. The first-order chi connectivity index (χ1) is 13.0. The predicted octanol–water partition coefficient (Wildman–Crippen LogP) is 5.73. The number of aromatic hydroxyl groups is 1. The number of aryl methyl sites for hydroxylation is 2. The van der Waals surface area contributed by atoms with E-state index in [1.807, 2.05) is 44.2 Å². The minimum absolute atomic E-state index is 0.331. The number of phenolic OH excluding ortho intramolecular Hbond substituents is 1. The summed E-state index contributed by atoms with van der Waals surface area (Å²) < 4.78 is 1.16. The van der Waals surface area contributed by atoms with Crippen LogP contribution in [0.3, 0.4) is 0 Å². The van der Waals surface area contributed by atoms with Gasteiger partial charge in [0.05, 0.1) is 11.4 Å². The van der Waals surface area contributed by atoms with Crippen molar-refractivity contribution in [2.75, 3.05) is 0 Å². The van der Waals surface area contributed by atoms with Crippen LogP contribution in [0.15, 0.2) is 60.9 Å². The molecule has 134 valence electrons. The van der Waals surface area contributed by atoms with Crippen LogP contribution >= 0.6 is 22.6 Å². The molecule has 0 saturated heterocycles. The number of imidazole rings is 1. The number of aromatic nitrogens is 3. The summed E-state index contributed by atoms with van der Waals surface area (Å²) >= 11 is 2.31. The van der Waals surface area contributed by atoms with Gasteiger partial charge in [0.15, 0.2) is 0 Å². The van der Waals surface area contributed by atoms with E-state index in [-0.39, 0.29) is 0 Å². The molecule has 0 radical (unpaired) electrons. The third kappa shape index (κ3) is 3.47. The molecular formula is C22H18IN3O. The van der Waals surface area contributed by atoms with Crippen LogP contribution in [0.4, 0.5) is 0 Å². The van der Waals surface area contributed by atoms with Crippen molar-refractivity contribution in [3.05, 3.63) is 75.6 Å². The van der Waals surface area contributed by atoms with Crippen molar-refractivity contribution in [3.8, 4) is 39.7 Å². The summed E-state index contributed by atoms with van der Waals surface area (Å²) in [5.41, 5.74) is 6.57. The van der Waals surface area contributed by atoms with Crippen LogP contribution in [0, 0.1) is 17.4 Å². The van der Waals surface area contributed by atoms with Crippen LogP contribution in [0.25, 0.3) is 33.9 Å². The quantitative estimate of drug-likeness (QED) is 0.378. The molecule has 4 rings (SSSR count). The highest BCUT2D eigenvalue weighted by molar-refractivity contribution is 14.1. The molecule has 4 aromatic rings. The second-order valence-corrected chi connectivity index (χ2v) is 7.76. The standard InChI is InChI=1S/C22H18IN3O/c1-13-10-17(11-14(2)21(13)27)22-25-19(15-6-8-24-9-7-15)20(26-22)16-4-3-5-18(23)12-16/h3-12,27H,1-2H3,(H,25,26). The van der Waals surface area contributed by atoms with Crippen LogP contribution in [0.1, 0.15) is 11.1 Å². The molecule has 0 bridgehead atoms. The number of H-pyrrole nitrogens is 1. The number of hydrogen-bond acceptors (Lipinski definition) is 3. The van der Waals surface area contributed by atoms with Crippen LogP contribution in [-0.4, -0.2) is 20.1 Å². The molecule has 5 heteroatoms. The van der Waals surface area contributed by atoms with Gasteiger partial charge in [-0.1, -0.05) is 12.1 Å². The fourth-order valence-electron chi connectivity index (χ4n) is 3.17. The van der Waals surface area contributed by atoms with E-state index in [0.29, 0.717) is 5.75 Å². The molecule has 0 fully saturated rings. The first-order valence-electron chi connectivity index (χ1n) is 8.60. The monoisotopic (exact) mass is 467 g/mol. The maximum atomic E-state index is 10.1. The van der Waals surface area contributed by atoms with Crippen molar-refractivity contribution in [1.29, 1.82) is 0 Å². The van der Waals surface area contributed by atoms with Gasteiger partial charge in [-0.05, 0) is 84.0 Å². The zero-order chi connectivity index (χ0) is 19.0. The number of halogens is 1. The molecule has 0 spiro atoms. The molecule has 0 aliphatic rings. The van der Waals surface area contributed by atoms with Gasteiger partial charge in [-0.3, -0.25) is 4.98 Å². The average molecular weight is 467 g/mol. The number of nitrogens with zero attached hydrogens (tertiary/aromatic N) is 2. The summed E-state index contributed by atoms with van der Waals surface area (Å²) in [6.45, 7) is 3.80. The zero-order valence-corrected chi connectivity index (χ0v) is 17.2. The molecule has 2 heterocycles. The van der Waals surface area contributed by atoms with E-state index >= 15 is 0 Å². The van der Waals surface area contributed by atoms with Gasteiger partial charge in [-0.25, -0.2) is 4.98 Å².